The average Bonchev–Trinajstić information content (AvgIpc) is 3.07. The summed E-state index contributed by atoms with van der Waals surface area (Å²) in [5, 5.41) is 0. The van der Waals surface area contributed by atoms with Gasteiger partial charge < -0.3 is 30.7 Å². The second kappa shape index (κ2) is 15.0. The number of anilines is 5. The number of allylic oxidation sites excluding steroid dienone is 4. The highest BCUT2D eigenvalue weighted by Gasteiger charge is 2.16. The fourth-order valence-corrected chi connectivity index (χ4v) is 4.88. The van der Waals surface area contributed by atoms with Gasteiger partial charge in [-0.3, -0.25) is 0 Å². The molecule has 226 valence electrons. The Morgan fingerprint density at radius 2 is 1.04 bits per heavy atom. The van der Waals surface area contributed by atoms with Crippen molar-refractivity contribution in [2.24, 2.45) is 0 Å². The van der Waals surface area contributed by atoms with Gasteiger partial charge in [0, 0.05) is 47.2 Å². The van der Waals surface area contributed by atoms with E-state index in [1.54, 1.807) is 0 Å². The van der Waals surface area contributed by atoms with Gasteiger partial charge in [-0.2, -0.15) is 0 Å². The van der Waals surface area contributed by atoms with E-state index in [1.807, 2.05) is 104 Å². The molecule has 0 fully saturated rings. The van der Waals surface area contributed by atoms with Gasteiger partial charge in [0.25, 0.3) is 0 Å². The molecule has 6 nitrogen and oxygen atoms in total. The molecule has 0 spiro atoms. The molecular formula is C39H38N4O2. The molecule has 5 aromatic carbocycles. The fourth-order valence-electron chi connectivity index (χ4n) is 4.88. The van der Waals surface area contributed by atoms with Crippen molar-refractivity contribution in [3.05, 3.63) is 164 Å². The SMILES string of the molecule is C=C/C=C(\C=C/C)N(CCN(c1ccccc1)c1ccc(Oc2ccc(N)cc2)cc1)c1ccc(Oc2ccc(N)cc2)cc1. The van der Waals surface area contributed by atoms with Crippen LogP contribution in [0.25, 0.3) is 0 Å². The number of hydrogen-bond acceptors (Lipinski definition) is 6. The Morgan fingerprint density at radius 1 is 0.600 bits per heavy atom. The van der Waals surface area contributed by atoms with Crippen LogP contribution in [0.2, 0.25) is 0 Å². The zero-order valence-electron chi connectivity index (χ0n) is 25.4. The maximum Gasteiger partial charge on any atom is 0.127 e. The highest BCUT2D eigenvalue weighted by atomic mass is 16.5. The van der Waals surface area contributed by atoms with Gasteiger partial charge in [0.05, 0.1) is 0 Å². The van der Waals surface area contributed by atoms with E-state index >= 15 is 0 Å². The highest BCUT2D eigenvalue weighted by molar-refractivity contribution is 5.65. The Morgan fingerprint density at radius 3 is 1.51 bits per heavy atom. The summed E-state index contributed by atoms with van der Waals surface area (Å²) >= 11 is 0. The lowest BCUT2D eigenvalue weighted by Gasteiger charge is -2.31. The van der Waals surface area contributed by atoms with E-state index in [9.17, 15) is 0 Å². The number of nitrogen functional groups attached to an aromatic ring is 2. The van der Waals surface area contributed by atoms with Crippen LogP contribution in [0.5, 0.6) is 23.0 Å². The smallest absolute Gasteiger partial charge is 0.127 e. The normalized spacial score (nSPS) is 11.3. The van der Waals surface area contributed by atoms with Crippen LogP contribution in [0, 0.1) is 0 Å². The average molecular weight is 595 g/mol. The number of nitrogens with two attached hydrogens (primary N) is 2. The number of para-hydroxylation sites is 1. The standard InChI is InChI=1S/C39H38N4O2/c1-3-8-32(9-4-2)42(34-16-24-38(25-17-34)44-36-20-12-30(40)13-21-36)28-29-43(33-10-6-5-7-11-33)35-18-26-39(27-19-35)45-37-22-14-31(41)15-23-37/h3-27H,1,28-29,40-41H2,2H3/b9-4-,32-8+. The fraction of sp³-hybridized carbons (Fsp3) is 0.0769. The largest absolute Gasteiger partial charge is 0.457 e. The van der Waals surface area contributed by atoms with Crippen molar-refractivity contribution < 1.29 is 9.47 Å². The minimum absolute atomic E-state index is 0.695. The molecule has 0 saturated carbocycles. The Balaban J connectivity index is 1.39. The first kappa shape index (κ1) is 30.6. The molecule has 5 aromatic rings. The van der Waals surface area contributed by atoms with Crippen LogP contribution in [0.1, 0.15) is 6.92 Å². The van der Waals surface area contributed by atoms with E-state index in [-0.39, 0.29) is 0 Å². The Kier molecular flexibility index (Phi) is 10.2. The molecule has 0 aliphatic rings. The van der Waals surface area contributed by atoms with Crippen molar-refractivity contribution >= 4 is 28.4 Å². The molecule has 0 heterocycles. The van der Waals surface area contributed by atoms with Gasteiger partial charge in [0.1, 0.15) is 23.0 Å². The van der Waals surface area contributed by atoms with Crippen molar-refractivity contribution in [3.63, 3.8) is 0 Å². The summed E-state index contributed by atoms with van der Waals surface area (Å²) < 4.78 is 12.1. The number of benzene rings is 5. The first-order chi connectivity index (χ1) is 22.0. The Bertz CT molecular complexity index is 1710. The second-order valence-electron chi connectivity index (χ2n) is 10.3. The number of nitrogens with zero attached hydrogens (tertiary/aromatic N) is 2. The van der Waals surface area contributed by atoms with Crippen LogP contribution in [0.15, 0.2) is 164 Å². The molecule has 0 amide bonds. The first-order valence-electron chi connectivity index (χ1n) is 14.8. The minimum atomic E-state index is 0.695. The summed E-state index contributed by atoms with van der Waals surface area (Å²) in [5.74, 6) is 2.97. The van der Waals surface area contributed by atoms with Gasteiger partial charge in [-0.15, -0.1) is 0 Å². The van der Waals surface area contributed by atoms with Gasteiger partial charge in [0.15, 0.2) is 0 Å². The van der Waals surface area contributed by atoms with Crippen LogP contribution < -0.4 is 30.7 Å². The van der Waals surface area contributed by atoms with Gasteiger partial charge in [-0.1, -0.05) is 36.9 Å². The van der Waals surface area contributed by atoms with Crippen LogP contribution in [0.4, 0.5) is 28.4 Å². The van der Waals surface area contributed by atoms with Crippen molar-refractivity contribution in [1.82, 2.24) is 0 Å². The Hall–Kier alpha value is -5.88. The van der Waals surface area contributed by atoms with Gasteiger partial charge >= 0.3 is 0 Å². The lowest BCUT2D eigenvalue weighted by molar-refractivity contribution is 0.482. The van der Waals surface area contributed by atoms with E-state index < -0.39 is 0 Å². The summed E-state index contributed by atoms with van der Waals surface area (Å²) in [4.78, 5) is 4.59. The number of rotatable bonds is 13. The van der Waals surface area contributed by atoms with Gasteiger partial charge in [0.2, 0.25) is 0 Å². The van der Waals surface area contributed by atoms with Crippen LogP contribution >= 0.6 is 0 Å². The van der Waals surface area contributed by atoms with Crippen molar-refractivity contribution in [1.29, 1.82) is 0 Å². The Labute approximate surface area is 265 Å². The van der Waals surface area contributed by atoms with Crippen LogP contribution in [-0.4, -0.2) is 13.1 Å². The van der Waals surface area contributed by atoms with E-state index in [4.69, 9.17) is 20.9 Å². The number of hydrogen-bond donors (Lipinski definition) is 2. The first-order valence-corrected chi connectivity index (χ1v) is 14.8. The molecule has 5 rings (SSSR count). The van der Waals surface area contributed by atoms with Gasteiger partial charge in [-0.25, -0.2) is 0 Å². The molecule has 4 N–H and O–H groups in total. The minimum Gasteiger partial charge on any atom is -0.457 e. The van der Waals surface area contributed by atoms with E-state index in [2.05, 4.69) is 71.0 Å². The second-order valence-corrected chi connectivity index (χ2v) is 10.3. The van der Waals surface area contributed by atoms with Crippen LogP contribution in [0.3, 0.4) is 0 Å². The third-order valence-corrected chi connectivity index (χ3v) is 7.08. The monoisotopic (exact) mass is 594 g/mol. The molecule has 0 aliphatic carbocycles. The predicted molar refractivity (Wildman–Crippen MR) is 189 cm³/mol. The molecule has 6 heteroatoms. The lowest BCUT2D eigenvalue weighted by Crippen LogP contribution is -2.32. The quantitative estimate of drug-likeness (QED) is 0.104. The molecule has 0 bridgehead atoms. The van der Waals surface area contributed by atoms with Crippen molar-refractivity contribution in [2.45, 2.75) is 6.92 Å². The third-order valence-electron chi connectivity index (χ3n) is 7.08. The highest BCUT2D eigenvalue weighted by Crippen LogP contribution is 2.31. The molecule has 0 unspecified atom stereocenters. The maximum atomic E-state index is 6.05. The molecule has 0 aliphatic heterocycles. The molecule has 0 atom stereocenters. The van der Waals surface area contributed by atoms with Crippen molar-refractivity contribution in [2.75, 3.05) is 34.4 Å². The summed E-state index contributed by atoms with van der Waals surface area (Å²) in [7, 11) is 0. The van der Waals surface area contributed by atoms with Crippen LogP contribution in [-0.2, 0) is 0 Å². The topological polar surface area (TPSA) is 77.0 Å². The van der Waals surface area contributed by atoms with E-state index in [0.29, 0.717) is 24.5 Å². The molecule has 45 heavy (non-hydrogen) atoms. The predicted octanol–water partition coefficient (Wildman–Crippen LogP) is 9.73. The summed E-state index contributed by atoms with van der Waals surface area (Å²) in [6.07, 6.45) is 7.97. The zero-order chi connectivity index (χ0) is 31.4. The summed E-state index contributed by atoms with van der Waals surface area (Å²) in [6, 6.07) is 41.4. The molecule has 0 aromatic heterocycles. The third kappa shape index (κ3) is 8.36. The van der Waals surface area contributed by atoms with Crippen molar-refractivity contribution in [3.8, 4) is 23.0 Å². The van der Waals surface area contributed by atoms with E-state index in [1.165, 1.54) is 0 Å². The van der Waals surface area contributed by atoms with E-state index in [0.717, 1.165) is 45.8 Å². The maximum absolute atomic E-state index is 6.05. The zero-order valence-corrected chi connectivity index (χ0v) is 25.4. The number of ether oxygens (including phenoxy) is 2. The summed E-state index contributed by atoms with van der Waals surface area (Å²) in [5.41, 5.74) is 17.3. The molecule has 0 radical (unpaired) electrons. The lowest BCUT2D eigenvalue weighted by atomic mass is 10.2. The summed E-state index contributed by atoms with van der Waals surface area (Å²) in [6.45, 7) is 7.38. The van der Waals surface area contributed by atoms with Gasteiger partial charge in [-0.05, 0) is 128 Å². The molecular weight excluding hydrogens is 556 g/mol. The molecule has 0 saturated heterocycles.